The van der Waals surface area contributed by atoms with E-state index in [0.717, 1.165) is 11.1 Å². The summed E-state index contributed by atoms with van der Waals surface area (Å²) in [4.78, 5) is 12.6. The fraction of sp³-hybridized carbons (Fsp3) is 0.250. The molecule has 2 aromatic carbocycles. The molecule has 0 fully saturated rings. The van der Waals surface area contributed by atoms with Crippen LogP contribution in [0.3, 0.4) is 0 Å². The molecule has 10 heteroatoms. The van der Waals surface area contributed by atoms with Crippen molar-refractivity contribution in [2.75, 3.05) is 5.32 Å². The molecule has 0 saturated heterocycles. The lowest BCUT2D eigenvalue weighted by atomic mass is 10.1. The van der Waals surface area contributed by atoms with Crippen molar-refractivity contribution < 1.29 is 22.7 Å². The summed E-state index contributed by atoms with van der Waals surface area (Å²) >= 11 is 0. The summed E-state index contributed by atoms with van der Waals surface area (Å²) in [5.41, 5.74) is 14.0. The monoisotopic (exact) mass is 419 g/mol. The minimum absolute atomic E-state index is 0.145. The fourth-order valence-electron chi connectivity index (χ4n) is 3.21. The molecule has 1 aliphatic carbocycles. The van der Waals surface area contributed by atoms with Gasteiger partial charge in [0.15, 0.2) is 0 Å². The minimum atomic E-state index is -4.75. The highest BCUT2D eigenvalue weighted by Crippen LogP contribution is 2.32. The largest absolute Gasteiger partial charge is 0.573 e. The molecule has 0 heterocycles. The number of guanidine groups is 1. The van der Waals surface area contributed by atoms with Crippen LogP contribution in [0, 0.1) is 5.92 Å². The normalized spacial score (nSPS) is 16.0. The number of alkyl halides is 3. The summed E-state index contributed by atoms with van der Waals surface area (Å²) in [6, 6.07) is 11.1. The van der Waals surface area contributed by atoms with Gasteiger partial charge in [-0.1, -0.05) is 18.2 Å². The zero-order valence-electron chi connectivity index (χ0n) is 16.0. The average Bonchev–Trinajstić information content (AvgIpc) is 3.09. The number of fused-ring (bicyclic) bond motifs is 1. The van der Waals surface area contributed by atoms with Gasteiger partial charge in [-0.25, -0.2) is 0 Å². The number of rotatable bonds is 5. The van der Waals surface area contributed by atoms with Crippen molar-refractivity contribution in [1.29, 1.82) is 0 Å². The second kappa shape index (κ2) is 8.44. The molecule has 2 aromatic rings. The van der Waals surface area contributed by atoms with Crippen molar-refractivity contribution in [2.45, 2.75) is 26.1 Å². The van der Waals surface area contributed by atoms with E-state index in [1.807, 2.05) is 0 Å². The van der Waals surface area contributed by atoms with E-state index in [-0.39, 0.29) is 23.5 Å². The SMILES string of the molecule is C/C(=N\N=C(N)N)c1ccc(NC(=O)C2Cc3ccc(OC(F)(F)F)cc3C2)cc1. The van der Waals surface area contributed by atoms with E-state index in [1.165, 1.54) is 12.1 Å². The summed E-state index contributed by atoms with van der Waals surface area (Å²) in [7, 11) is 0. The van der Waals surface area contributed by atoms with Gasteiger partial charge in [-0.15, -0.1) is 18.3 Å². The minimum Gasteiger partial charge on any atom is -0.406 e. The summed E-state index contributed by atoms with van der Waals surface area (Å²) in [6.07, 6.45) is -3.95. The molecule has 1 aliphatic rings. The number of nitrogens with zero attached hydrogens (tertiary/aromatic N) is 2. The van der Waals surface area contributed by atoms with Crippen LogP contribution in [0.2, 0.25) is 0 Å². The first kappa shape index (κ1) is 21.2. The number of hydrogen-bond acceptors (Lipinski definition) is 4. The Balaban J connectivity index is 1.62. The Labute approximate surface area is 170 Å². The Bertz CT molecular complexity index is 996. The Morgan fingerprint density at radius 2 is 1.73 bits per heavy atom. The lowest BCUT2D eigenvalue weighted by Gasteiger charge is -2.11. The van der Waals surface area contributed by atoms with E-state index < -0.39 is 6.36 Å². The molecule has 0 aromatic heterocycles. The summed E-state index contributed by atoms with van der Waals surface area (Å²) in [5.74, 6) is -1.00. The lowest BCUT2D eigenvalue weighted by molar-refractivity contribution is -0.274. The summed E-state index contributed by atoms with van der Waals surface area (Å²) in [5, 5.41) is 10.3. The Morgan fingerprint density at radius 3 is 2.37 bits per heavy atom. The number of ether oxygens (including phenoxy) is 1. The number of halogens is 3. The van der Waals surface area contributed by atoms with Crippen LogP contribution < -0.4 is 21.5 Å². The van der Waals surface area contributed by atoms with Crippen LogP contribution >= 0.6 is 0 Å². The van der Waals surface area contributed by atoms with E-state index in [0.29, 0.717) is 29.8 Å². The fourth-order valence-corrected chi connectivity index (χ4v) is 3.21. The number of benzene rings is 2. The van der Waals surface area contributed by atoms with Crippen molar-refractivity contribution >= 4 is 23.3 Å². The number of anilines is 1. The highest BCUT2D eigenvalue weighted by molar-refractivity contribution is 6.00. The molecule has 30 heavy (non-hydrogen) atoms. The molecule has 0 aliphatic heterocycles. The van der Waals surface area contributed by atoms with Gasteiger partial charge in [-0.3, -0.25) is 4.79 Å². The third-order valence-corrected chi connectivity index (χ3v) is 4.60. The van der Waals surface area contributed by atoms with Crippen molar-refractivity contribution in [3.63, 3.8) is 0 Å². The molecule has 3 rings (SSSR count). The van der Waals surface area contributed by atoms with E-state index in [2.05, 4.69) is 20.3 Å². The average molecular weight is 419 g/mol. The van der Waals surface area contributed by atoms with Crippen LogP contribution in [0.15, 0.2) is 52.7 Å². The first-order valence-electron chi connectivity index (χ1n) is 9.03. The predicted molar refractivity (Wildman–Crippen MR) is 107 cm³/mol. The van der Waals surface area contributed by atoms with Crippen LogP contribution in [0.1, 0.15) is 23.6 Å². The standard InChI is InChI=1S/C20H20F3N5O2/c1-11(27-28-19(24)25)12-2-5-16(6-3-12)26-18(29)15-8-13-4-7-17(10-14(13)9-15)30-20(21,22)23/h2-7,10,15H,8-9H2,1H3,(H,26,29)(H4,24,25,28)/b27-11+. The van der Waals surface area contributed by atoms with Gasteiger partial charge in [-0.05, 0) is 60.7 Å². The number of amides is 1. The predicted octanol–water partition coefficient (Wildman–Crippen LogP) is 2.94. The topological polar surface area (TPSA) is 115 Å². The first-order chi connectivity index (χ1) is 14.1. The van der Waals surface area contributed by atoms with Crippen LogP contribution in [-0.4, -0.2) is 23.9 Å². The molecule has 7 nitrogen and oxygen atoms in total. The molecule has 0 saturated carbocycles. The maximum absolute atomic E-state index is 12.6. The zero-order chi connectivity index (χ0) is 21.9. The van der Waals surface area contributed by atoms with Gasteiger partial charge in [0.1, 0.15) is 5.75 Å². The van der Waals surface area contributed by atoms with Crippen molar-refractivity contribution in [3.05, 3.63) is 59.2 Å². The lowest BCUT2D eigenvalue weighted by Crippen LogP contribution is -2.23. The van der Waals surface area contributed by atoms with Crippen LogP contribution in [-0.2, 0) is 17.6 Å². The molecule has 1 unspecified atom stereocenters. The van der Waals surface area contributed by atoms with Gasteiger partial charge in [-0.2, -0.15) is 5.10 Å². The number of nitrogens with two attached hydrogens (primary N) is 2. The Hall–Kier alpha value is -3.56. The highest BCUT2D eigenvalue weighted by Gasteiger charge is 2.33. The van der Waals surface area contributed by atoms with Crippen molar-refractivity contribution in [1.82, 2.24) is 0 Å². The first-order valence-corrected chi connectivity index (χ1v) is 9.03. The molecule has 5 N–H and O–H groups in total. The molecule has 0 radical (unpaired) electrons. The maximum Gasteiger partial charge on any atom is 0.573 e. The molecule has 1 amide bonds. The maximum atomic E-state index is 12.6. The van der Waals surface area contributed by atoms with Gasteiger partial charge in [0.05, 0.1) is 5.71 Å². The smallest absolute Gasteiger partial charge is 0.406 e. The molecular formula is C20H20F3N5O2. The Morgan fingerprint density at radius 1 is 1.07 bits per heavy atom. The van der Waals surface area contributed by atoms with Gasteiger partial charge in [0, 0.05) is 11.6 Å². The number of carbonyl (C=O) groups is 1. The van der Waals surface area contributed by atoms with Crippen molar-refractivity contribution in [3.8, 4) is 5.75 Å². The van der Waals surface area contributed by atoms with E-state index in [4.69, 9.17) is 11.5 Å². The second-order valence-corrected chi connectivity index (χ2v) is 6.86. The quantitative estimate of drug-likeness (QED) is 0.393. The Kier molecular flexibility index (Phi) is 5.95. The molecule has 158 valence electrons. The molecule has 0 bridgehead atoms. The van der Waals surface area contributed by atoms with Gasteiger partial charge in [0.25, 0.3) is 0 Å². The van der Waals surface area contributed by atoms with Crippen LogP contribution in [0.5, 0.6) is 5.75 Å². The third kappa shape index (κ3) is 5.49. The number of nitrogens with one attached hydrogen (secondary N) is 1. The van der Waals surface area contributed by atoms with Gasteiger partial charge >= 0.3 is 6.36 Å². The van der Waals surface area contributed by atoms with Gasteiger partial charge < -0.3 is 21.5 Å². The second-order valence-electron chi connectivity index (χ2n) is 6.86. The van der Waals surface area contributed by atoms with E-state index >= 15 is 0 Å². The van der Waals surface area contributed by atoms with Crippen LogP contribution in [0.25, 0.3) is 0 Å². The molecular weight excluding hydrogens is 399 g/mol. The molecule has 1 atom stereocenters. The zero-order valence-corrected chi connectivity index (χ0v) is 16.0. The summed E-state index contributed by atoms with van der Waals surface area (Å²) < 4.78 is 41.1. The third-order valence-electron chi connectivity index (χ3n) is 4.60. The molecule has 0 spiro atoms. The number of hydrogen-bond donors (Lipinski definition) is 3. The van der Waals surface area contributed by atoms with Crippen LogP contribution in [0.4, 0.5) is 18.9 Å². The van der Waals surface area contributed by atoms with Crippen molar-refractivity contribution in [2.24, 2.45) is 27.6 Å². The number of carbonyl (C=O) groups excluding carboxylic acids is 1. The van der Waals surface area contributed by atoms with E-state index in [1.54, 1.807) is 37.3 Å². The summed E-state index contributed by atoms with van der Waals surface area (Å²) in [6.45, 7) is 1.74. The van der Waals surface area contributed by atoms with E-state index in [9.17, 15) is 18.0 Å². The van der Waals surface area contributed by atoms with Gasteiger partial charge in [0.2, 0.25) is 11.9 Å². The highest BCUT2D eigenvalue weighted by atomic mass is 19.4.